The minimum absolute atomic E-state index is 0.0128. The number of H-pyrrole nitrogens is 1. The minimum atomic E-state index is -4.05. The third-order valence-electron chi connectivity index (χ3n) is 8.33. The Labute approximate surface area is 272 Å². The molecule has 5 N–H and O–H groups in total. The van der Waals surface area contributed by atoms with Crippen molar-refractivity contribution in [1.29, 1.82) is 0 Å². The molecule has 2 heterocycles. The molecule has 3 aromatic carbocycles. The number of benzene rings is 3. The van der Waals surface area contributed by atoms with Crippen LogP contribution in [0.4, 0.5) is 4.39 Å². The molecule has 4 atom stereocenters. The SMILES string of the molecule is CC(C)CC(NC(=O)c1cc2cc(F)ccc2[nH]1)C(=O)NC(C[C@@H]1CCNC1=O)C(=O)Cc1ccccc1P(=O)(O)c1ccccc1. The Balaban J connectivity index is 1.38. The Bertz CT molecular complexity index is 1840. The van der Waals surface area contributed by atoms with Gasteiger partial charge in [0.05, 0.1) is 6.04 Å². The molecule has 0 aliphatic carbocycles. The van der Waals surface area contributed by atoms with Crippen molar-refractivity contribution in [2.24, 2.45) is 11.8 Å². The van der Waals surface area contributed by atoms with Gasteiger partial charge in [-0.3, -0.25) is 23.7 Å². The van der Waals surface area contributed by atoms with Crippen molar-refractivity contribution in [3.05, 3.63) is 95.9 Å². The van der Waals surface area contributed by atoms with Crippen LogP contribution in [-0.4, -0.2) is 52.0 Å². The number of aromatic nitrogens is 1. The van der Waals surface area contributed by atoms with Gasteiger partial charge in [0.1, 0.15) is 17.6 Å². The topological polar surface area (TPSA) is 157 Å². The summed E-state index contributed by atoms with van der Waals surface area (Å²) < 4.78 is 27.3. The predicted molar refractivity (Wildman–Crippen MR) is 177 cm³/mol. The number of hydrogen-bond donors (Lipinski definition) is 5. The van der Waals surface area contributed by atoms with Crippen LogP contribution in [0.15, 0.2) is 78.9 Å². The number of hydrogen-bond acceptors (Lipinski definition) is 5. The molecule has 1 aromatic heterocycles. The fourth-order valence-corrected chi connectivity index (χ4v) is 7.58. The van der Waals surface area contributed by atoms with Gasteiger partial charge in [-0.15, -0.1) is 0 Å². The van der Waals surface area contributed by atoms with E-state index in [1.54, 1.807) is 48.5 Å². The third-order valence-corrected chi connectivity index (χ3v) is 10.4. The molecular formula is C35H38FN4O6P. The van der Waals surface area contributed by atoms with Crippen LogP contribution >= 0.6 is 7.37 Å². The first-order chi connectivity index (χ1) is 22.4. The van der Waals surface area contributed by atoms with E-state index in [2.05, 4.69) is 20.9 Å². The zero-order valence-corrected chi connectivity index (χ0v) is 27.1. The van der Waals surface area contributed by atoms with Gasteiger partial charge in [-0.1, -0.05) is 50.2 Å². The van der Waals surface area contributed by atoms with Crippen LogP contribution < -0.4 is 26.6 Å². The molecule has 4 aromatic rings. The number of halogens is 1. The summed E-state index contributed by atoms with van der Waals surface area (Å²) in [6.45, 7) is 4.23. The van der Waals surface area contributed by atoms with Gasteiger partial charge < -0.3 is 25.8 Å². The van der Waals surface area contributed by atoms with Crippen LogP contribution in [0.3, 0.4) is 0 Å². The summed E-state index contributed by atoms with van der Waals surface area (Å²) >= 11 is 0. The molecule has 10 nitrogen and oxygen atoms in total. The summed E-state index contributed by atoms with van der Waals surface area (Å²) in [7, 11) is -4.05. The van der Waals surface area contributed by atoms with Crippen molar-refractivity contribution >= 4 is 52.4 Å². The Morgan fingerprint density at radius 3 is 2.40 bits per heavy atom. The number of aromatic amines is 1. The zero-order chi connectivity index (χ0) is 33.7. The average Bonchev–Trinajstić information content (AvgIpc) is 3.66. The quantitative estimate of drug-likeness (QED) is 0.138. The summed E-state index contributed by atoms with van der Waals surface area (Å²) in [4.78, 5) is 67.5. The molecule has 0 radical (unpaired) electrons. The first kappa shape index (κ1) is 33.8. The summed E-state index contributed by atoms with van der Waals surface area (Å²) in [5, 5.41) is 9.14. The van der Waals surface area contributed by atoms with Crippen molar-refractivity contribution in [3.8, 4) is 0 Å². The molecule has 1 aliphatic rings. The summed E-state index contributed by atoms with van der Waals surface area (Å²) in [6.07, 6.45) is 0.510. The van der Waals surface area contributed by atoms with Crippen LogP contribution in [0.5, 0.6) is 0 Å². The van der Waals surface area contributed by atoms with E-state index in [1.807, 2.05) is 13.8 Å². The van der Waals surface area contributed by atoms with Gasteiger partial charge in [-0.2, -0.15) is 0 Å². The lowest BCUT2D eigenvalue weighted by molar-refractivity contribution is -0.130. The van der Waals surface area contributed by atoms with Gasteiger partial charge >= 0.3 is 0 Å². The number of fused-ring (bicyclic) bond motifs is 1. The van der Waals surface area contributed by atoms with Gasteiger partial charge in [0, 0.05) is 40.4 Å². The Morgan fingerprint density at radius 2 is 1.70 bits per heavy atom. The second-order valence-electron chi connectivity index (χ2n) is 12.3. The van der Waals surface area contributed by atoms with Crippen LogP contribution in [-0.2, 0) is 25.4 Å². The van der Waals surface area contributed by atoms with Crippen molar-refractivity contribution in [2.45, 2.75) is 51.6 Å². The number of Topliss-reactive ketones (excluding diaryl/α,β-unsaturated/α-hetero) is 1. The zero-order valence-electron chi connectivity index (χ0n) is 26.2. The van der Waals surface area contributed by atoms with Gasteiger partial charge in [0.2, 0.25) is 11.8 Å². The Hall–Kier alpha value is -4.60. The van der Waals surface area contributed by atoms with E-state index in [0.29, 0.717) is 29.4 Å². The van der Waals surface area contributed by atoms with E-state index in [1.165, 1.54) is 30.3 Å². The standard InChI is InChI=1S/C35H38FN4O6P/c1-21(2)16-29(40-35(44)30-19-24-17-25(36)12-13-27(24)38-30)34(43)39-28(18-23-14-15-37-33(23)42)31(41)20-22-8-6-7-11-32(22)47(45,46)26-9-4-3-5-10-26/h3-13,17,19,21,23,28-29,38H,14-16,18,20H2,1-2H3,(H,37,42)(H,39,43)(H,40,44)(H,45,46)/t23-,28?,29?/m0/s1. The molecule has 246 valence electrons. The molecule has 3 unspecified atom stereocenters. The predicted octanol–water partition coefficient (Wildman–Crippen LogP) is 3.50. The largest absolute Gasteiger partial charge is 0.356 e. The minimum Gasteiger partial charge on any atom is -0.356 e. The van der Waals surface area contributed by atoms with Crippen LogP contribution in [0.25, 0.3) is 10.9 Å². The smallest absolute Gasteiger partial charge is 0.268 e. The van der Waals surface area contributed by atoms with Gasteiger partial charge in [-0.25, -0.2) is 4.39 Å². The first-order valence-corrected chi connectivity index (χ1v) is 17.2. The first-order valence-electron chi connectivity index (χ1n) is 15.6. The molecule has 0 bridgehead atoms. The molecule has 0 saturated carbocycles. The van der Waals surface area contributed by atoms with Crippen molar-refractivity contribution in [2.75, 3.05) is 6.54 Å². The highest BCUT2D eigenvalue weighted by atomic mass is 31.2. The molecule has 1 saturated heterocycles. The highest BCUT2D eigenvalue weighted by Crippen LogP contribution is 2.39. The third kappa shape index (κ3) is 8.04. The highest BCUT2D eigenvalue weighted by Gasteiger charge is 2.35. The van der Waals surface area contributed by atoms with E-state index in [0.717, 1.165) is 0 Å². The number of carbonyl (C=O) groups is 4. The number of ketones is 1. The van der Waals surface area contributed by atoms with E-state index in [-0.39, 0.29) is 47.4 Å². The average molecular weight is 661 g/mol. The normalized spacial score (nSPS) is 17.1. The number of carbonyl (C=O) groups excluding carboxylic acids is 4. The lowest BCUT2D eigenvalue weighted by atomic mass is 9.92. The molecule has 5 rings (SSSR count). The van der Waals surface area contributed by atoms with Crippen molar-refractivity contribution in [3.63, 3.8) is 0 Å². The van der Waals surface area contributed by atoms with Gasteiger partial charge in [0.15, 0.2) is 5.78 Å². The summed E-state index contributed by atoms with van der Waals surface area (Å²) in [6, 6.07) is 18.0. The second kappa shape index (κ2) is 14.4. The molecule has 0 spiro atoms. The van der Waals surface area contributed by atoms with Gasteiger partial charge in [0.25, 0.3) is 13.3 Å². The molecule has 1 fully saturated rings. The fraction of sp³-hybridized carbons (Fsp3) is 0.314. The number of rotatable bonds is 13. The van der Waals surface area contributed by atoms with Crippen molar-refractivity contribution < 1.29 is 33.0 Å². The van der Waals surface area contributed by atoms with Crippen LogP contribution in [0.2, 0.25) is 0 Å². The molecule has 3 amide bonds. The van der Waals surface area contributed by atoms with Crippen LogP contribution in [0.1, 0.15) is 49.2 Å². The monoisotopic (exact) mass is 660 g/mol. The fourth-order valence-electron chi connectivity index (χ4n) is 5.90. The van der Waals surface area contributed by atoms with Crippen molar-refractivity contribution in [1.82, 2.24) is 20.9 Å². The summed E-state index contributed by atoms with van der Waals surface area (Å²) in [5.41, 5.74) is 1.04. The molecule has 12 heteroatoms. The molecule has 47 heavy (non-hydrogen) atoms. The van der Waals surface area contributed by atoms with E-state index in [9.17, 15) is 33.0 Å². The summed E-state index contributed by atoms with van der Waals surface area (Å²) in [5.74, 6) is -2.81. The number of nitrogens with one attached hydrogen (secondary N) is 4. The second-order valence-corrected chi connectivity index (χ2v) is 14.5. The van der Waals surface area contributed by atoms with Gasteiger partial charge in [-0.05, 0) is 73.2 Å². The maximum absolute atomic E-state index is 13.9. The highest BCUT2D eigenvalue weighted by molar-refractivity contribution is 7.73. The van der Waals surface area contributed by atoms with Crippen LogP contribution in [0, 0.1) is 17.7 Å². The van der Waals surface area contributed by atoms with E-state index in [4.69, 9.17) is 0 Å². The molecular weight excluding hydrogens is 622 g/mol. The van der Waals surface area contributed by atoms with E-state index >= 15 is 0 Å². The lowest BCUT2D eigenvalue weighted by Crippen LogP contribution is -2.53. The lowest BCUT2D eigenvalue weighted by Gasteiger charge is -2.25. The van der Waals surface area contributed by atoms with E-state index < -0.39 is 48.8 Å². The number of amides is 3. The Kier molecular flexibility index (Phi) is 10.4. The molecule has 1 aliphatic heterocycles. The maximum atomic E-state index is 13.9. The maximum Gasteiger partial charge on any atom is 0.268 e. The Morgan fingerprint density at radius 1 is 0.979 bits per heavy atom.